The Labute approximate surface area is 182 Å². The van der Waals surface area contributed by atoms with Crippen LogP contribution in [0, 0.1) is 6.92 Å². The second kappa shape index (κ2) is 8.69. The van der Waals surface area contributed by atoms with Crippen LogP contribution in [0.2, 0.25) is 0 Å². The number of anilines is 1. The Hall–Kier alpha value is -2.90. The van der Waals surface area contributed by atoms with Gasteiger partial charge >= 0.3 is 0 Å². The van der Waals surface area contributed by atoms with Crippen molar-refractivity contribution in [3.05, 3.63) is 65.7 Å². The van der Waals surface area contributed by atoms with Crippen molar-refractivity contribution >= 4 is 32.4 Å². The molecule has 1 saturated heterocycles. The SMILES string of the molecule is COc1cc2ccccc2cc1C(=O)Nc1cc(S(=O)(=O)N2CCCCC2)ccc1C. The zero-order valence-electron chi connectivity index (χ0n) is 17.7. The van der Waals surface area contributed by atoms with Gasteiger partial charge in [-0.05, 0) is 60.4 Å². The van der Waals surface area contributed by atoms with E-state index < -0.39 is 10.0 Å². The fraction of sp³-hybridized carbons (Fsp3) is 0.292. The minimum absolute atomic E-state index is 0.195. The number of nitrogens with zero attached hydrogens (tertiary/aromatic N) is 1. The van der Waals surface area contributed by atoms with Gasteiger partial charge in [-0.3, -0.25) is 4.79 Å². The van der Waals surface area contributed by atoms with Crippen LogP contribution in [-0.2, 0) is 10.0 Å². The molecule has 31 heavy (non-hydrogen) atoms. The van der Waals surface area contributed by atoms with E-state index in [1.165, 1.54) is 11.4 Å². The van der Waals surface area contributed by atoms with Crippen molar-refractivity contribution in [2.45, 2.75) is 31.1 Å². The van der Waals surface area contributed by atoms with Crippen molar-refractivity contribution < 1.29 is 17.9 Å². The summed E-state index contributed by atoms with van der Waals surface area (Å²) in [5.74, 6) is 0.115. The van der Waals surface area contributed by atoms with Gasteiger partial charge in [0.05, 0.1) is 17.6 Å². The van der Waals surface area contributed by atoms with Gasteiger partial charge in [-0.25, -0.2) is 8.42 Å². The van der Waals surface area contributed by atoms with Crippen LogP contribution in [0.4, 0.5) is 5.69 Å². The molecule has 1 fully saturated rings. The third-order valence-electron chi connectivity index (χ3n) is 5.72. The number of aryl methyl sites for hydroxylation is 1. The maximum Gasteiger partial charge on any atom is 0.259 e. The smallest absolute Gasteiger partial charge is 0.259 e. The Bertz CT molecular complexity index is 1230. The lowest BCUT2D eigenvalue weighted by atomic mass is 10.0. The Morgan fingerprint density at radius 1 is 0.968 bits per heavy atom. The Balaban J connectivity index is 1.66. The first-order valence-electron chi connectivity index (χ1n) is 10.4. The van der Waals surface area contributed by atoms with E-state index in [4.69, 9.17) is 4.74 Å². The summed E-state index contributed by atoms with van der Waals surface area (Å²) in [7, 11) is -2.06. The topological polar surface area (TPSA) is 75.7 Å². The molecule has 3 aromatic carbocycles. The van der Waals surface area contributed by atoms with Gasteiger partial charge in [-0.1, -0.05) is 36.8 Å². The molecule has 0 aliphatic carbocycles. The number of hydrogen-bond donors (Lipinski definition) is 1. The van der Waals surface area contributed by atoms with Crippen LogP contribution < -0.4 is 10.1 Å². The van der Waals surface area contributed by atoms with Gasteiger partial charge in [-0.2, -0.15) is 4.31 Å². The highest BCUT2D eigenvalue weighted by Crippen LogP contribution is 2.29. The number of ether oxygens (including phenoxy) is 1. The van der Waals surface area contributed by atoms with E-state index in [9.17, 15) is 13.2 Å². The highest BCUT2D eigenvalue weighted by atomic mass is 32.2. The third kappa shape index (κ3) is 4.29. The summed E-state index contributed by atoms with van der Waals surface area (Å²) in [4.78, 5) is 13.3. The molecule has 1 aliphatic rings. The number of fused-ring (bicyclic) bond motifs is 1. The summed E-state index contributed by atoms with van der Waals surface area (Å²) in [6.45, 7) is 2.91. The van der Waals surface area contributed by atoms with Gasteiger partial charge in [0.15, 0.2) is 0 Å². The largest absolute Gasteiger partial charge is 0.496 e. The number of methoxy groups -OCH3 is 1. The van der Waals surface area contributed by atoms with Crippen molar-refractivity contribution in [1.82, 2.24) is 4.31 Å². The summed E-state index contributed by atoms with van der Waals surface area (Å²) in [5.41, 5.74) is 1.65. The lowest BCUT2D eigenvalue weighted by Gasteiger charge is -2.26. The molecular weight excluding hydrogens is 412 g/mol. The van der Waals surface area contributed by atoms with Gasteiger partial charge in [0.25, 0.3) is 5.91 Å². The maximum atomic E-state index is 13.1. The predicted molar refractivity (Wildman–Crippen MR) is 122 cm³/mol. The number of amides is 1. The molecule has 0 saturated carbocycles. The summed E-state index contributed by atoms with van der Waals surface area (Å²) < 4.78 is 33.1. The molecule has 4 rings (SSSR count). The van der Waals surface area contributed by atoms with Crippen LogP contribution in [0.5, 0.6) is 5.75 Å². The summed E-state index contributed by atoms with van der Waals surface area (Å²) in [6, 6.07) is 16.2. The predicted octanol–water partition coefficient (Wildman–Crippen LogP) is 4.58. The van der Waals surface area contributed by atoms with E-state index in [0.29, 0.717) is 30.1 Å². The molecule has 1 aliphatic heterocycles. The Morgan fingerprint density at radius 3 is 2.32 bits per heavy atom. The quantitative estimate of drug-likeness (QED) is 0.632. The van der Waals surface area contributed by atoms with Crippen molar-refractivity contribution in [1.29, 1.82) is 0 Å². The summed E-state index contributed by atoms with van der Waals surface area (Å²) in [5, 5.41) is 4.78. The van der Waals surface area contributed by atoms with Gasteiger partial charge in [0, 0.05) is 18.8 Å². The van der Waals surface area contributed by atoms with E-state index in [2.05, 4.69) is 5.32 Å². The molecular formula is C24H26N2O4S. The summed E-state index contributed by atoms with van der Waals surface area (Å²) >= 11 is 0. The molecule has 1 heterocycles. The van der Waals surface area contributed by atoms with Gasteiger partial charge in [0.1, 0.15) is 5.75 Å². The van der Waals surface area contributed by atoms with Crippen LogP contribution >= 0.6 is 0 Å². The number of piperidine rings is 1. The van der Waals surface area contributed by atoms with Gasteiger partial charge in [0.2, 0.25) is 10.0 Å². The number of benzene rings is 3. The summed E-state index contributed by atoms with van der Waals surface area (Å²) in [6.07, 6.45) is 2.79. The molecule has 7 heteroatoms. The first-order chi connectivity index (χ1) is 14.9. The Kier molecular flexibility index (Phi) is 5.98. The van der Waals surface area contributed by atoms with E-state index >= 15 is 0 Å². The monoisotopic (exact) mass is 438 g/mol. The average Bonchev–Trinajstić information content (AvgIpc) is 2.80. The lowest BCUT2D eigenvalue weighted by molar-refractivity contribution is 0.102. The molecule has 162 valence electrons. The second-order valence-corrected chi connectivity index (χ2v) is 9.73. The molecule has 0 spiro atoms. The van der Waals surface area contributed by atoms with Crippen molar-refractivity contribution in [3.8, 4) is 5.75 Å². The normalized spacial score (nSPS) is 15.0. The highest BCUT2D eigenvalue weighted by molar-refractivity contribution is 7.89. The molecule has 0 aromatic heterocycles. The molecule has 1 amide bonds. The Morgan fingerprint density at radius 2 is 1.65 bits per heavy atom. The zero-order valence-corrected chi connectivity index (χ0v) is 18.5. The second-order valence-electron chi connectivity index (χ2n) is 7.80. The minimum Gasteiger partial charge on any atom is -0.496 e. The number of nitrogens with one attached hydrogen (secondary N) is 1. The maximum absolute atomic E-state index is 13.1. The van der Waals surface area contributed by atoms with E-state index in [1.54, 1.807) is 24.3 Å². The average molecular weight is 439 g/mol. The molecule has 0 radical (unpaired) electrons. The highest BCUT2D eigenvalue weighted by Gasteiger charge is 2.26. The van der Waals surface area contributed by atoms with Crippen molar-refractivity contribution in [2.75, 3.05) is 25.5 Å². The van der Waals surface area contributed by atoms with Crippen LogP contribution in [-0.4, -0.2) is 38.8 Å². The molecule has 6 nitrogen and oxygen atoms in total. The van der Waals surface area contributed by atoms with Crippen LogP contribution in [0.1, 0.15) is 35.2 Å². The number of carbonyl (C=O) groups excluding carboxylic acids is 1. The standard InChI is InChI=1S/C24H26N2O4S/c1-17-10-11-20(31(28,29)26-12-6-3-7-13-26)16-22(17)25-24(27)21-14-18-8-4-5-9-19(18)15-23(21)30-2/h4-5,8-11,14-16H,3,6-7,12-13H2,1-2H3,(H,25,27). The number of rotatable bonds is 5. The van der Waals surface area contributed by atoms with Crippen molar-refractivity contribution in [2.24, 2.45) is 0 Å². The molecule has 1 N–H and O–H groups in total. The van der Waals surface area contributed by atoms with E-state index in [0.717, 1.165) is 35.6 Å². The molecule has 0 atom stereocenters. The number of carbonyl (C=O) groups is 1. The van der Waals surface area contributed by atoms with Crippen molar-refractivity contribution in [3.63, 3.8) is 0 Å². The number of hydrogen-bond acceptors (Lipinski definition) is 4. The van der Waals surface area contributed by atoms with Crippen LogP contribution in [0.25, 0.3) is 10.8 Å². The fourth-order valence-electron chi connectivity index (χ4n) is 3.91. The molecule has 3 aromatic rings. The van der Waals surface area contributed by atoms with Gasteiger partial charge < -0.3 is 10.1 Å². The van der Waals surface area contributed by atoms with E-state index in [1.807, 2.05) is 37.3 Å². The van der Waals surface area contributed by atoms with Crippen LogP contribution in [0.3, 0.4) is 0 Å². The lowest BCUT2D eigenvalue weighted by Crippen LogP contribution is -2.35. The van der Waals surface area contributed by atoms with Crippen LogP contribution in [0.15, 0.2) is 59.5 Å². The fourth-order valence-corrected chi connectivity index (χ4v) is 5.45. The number of sulfonamides is 1. The molecule has 0 unspecified atom stereocenters. The molecule has 0 bridgehead atoms. The zero-order chi connectivity index (χ0) is 22.0. The minimum atomic E-state index is -3.59. The first kappa shape index (κ1) is 21.3. The van der Waals surface area contributed by atoms with Gasteiger partial charge in [-0.15, -0.1) is 0 Å². The first-order valence-corrected chi connectivity index (χ1v) is 11.8. The third-order valence-corrected chi connectivity index (χ3v) is 7.62. The van der Waals surface area contributed by atoms with E-state index in [-0.39, 0.29) is 10.8 Å².